The summed E-state index contributed by atoms with van der Waals surface area (Å²) >= 11 is 3.36. The number of rotatable bonds is 2. The summed E-state index contributed by atoms with van der Waals surface area (Å²) in [6.07, 6.45) is 5.71. The summed E-state index contributed by atoms with van der Waals surface area (Å²) in [7, 11) is 0. The third kappa shape index (κ3) is 4.73. The number of hydrogen-bond donors (Lipinski definition) is 0. The molecule has 0 bridgehead atoms. The van der Waals surface area contributed by atoms with E-state index < -0.39 is 0 Å². The van der Waals surface area contributed by atoms with Crippen molar-refractivity contribution >= 4 is 22.5 Å². The SMILES string of the molecule is CC(C)(C)c1ccc2c(c1)-c1cc(C(C)(C)C)cc(C3=C(c4ccsc4)C=CC3)c1[CH]2[Zr+2].[Cl-].[Cl-]. The van der Waals surface area contributed by atoms with Gasteiger partial charge in [0.2, 0.25) is 0 Å². The van der Waals surface area contributed by atoms with E-state index in [2.05, 4.69) is 101 Å². The molecule has 2 aliphatic carbocycles. The molecule has 3 aromatic rings. The molecule has 4 heteroatoms. The Kier molecular flexibility index (Phi) is 8.02. The molecule has 5 rings (SSSR count). The molecule has 0 saturated heterocycles. The Bertz CT molecular complexity index is 1270. The summed E-state index contributed by atoms with van der Waals surface area (Å²) in [4.78, 5) is 0. The van der Waals surface area contributed by atoms with E-state index in [1.807, 2.05) is 0 Å². The van der Waals surface area contributed by atoms with E-state index in [4.69, 9.17) is 0 Å². The average molecular weight is 586 g/mol. The molecule has 0 radical (unpaired) electrons. The number of allylic oxidation sites excluding steroid dienone is 4. The van der Waals surface area contributed by atoms with Crippen molar-refractivity contribution in [1.29, 1.82) is 0 Å². The van der Waals surface area contributed by atoms with Crippen LogP contribution < -0.4 is 24.8 Å². The molecule has 2 aliphatic rings. The Labute approximate surface area is 236 Å². The van der Waals surface area contributed by atoms with Gasteiger partial charge in [0.25, 0.3) is 0 Å². The van der Waals surface area contributed by atoms with E-state index in [1.54, 1.807) is 41.6 Å². The molecule has 1 heterocycles. The van der Waals surface area contributed by atoms with Crippen LogP contribution in [-0.4, -0.2) is 0 Å². The van der Waals surface area contributed by atoms with Crippen LogP contribution in [0.2, 0.25) is 0 Å². The predicted molar refractivity (Wildman–Crippen MR) is 136 cm³/mol. The van der Waals surface area contributed by atoms with Crippen LogP contribution >= 0.6 is 11.3 Å². The maximum Gasteiger partial charge on any atom is -1.00 e. The monoisotopic (exact) mass is 583 g/mol. The van der Waals surface area contributed by atoms with E-state index in [0.29, 0.717) is 3.63 Å². The minimum atomic E-state index is 0. The summed E-state index contributed by atoms with van der Waals surface area (Å²) in [5.74, 6) is 0. The molecule has 0 fully saturated rings. The molecular formula is C30H31Cl2SZr. The molecule has 34 heavy (non-hydrogen) atoms. The van der Waals surface area contributed by atoms with E-state index in [0.717, 1.165) is 6.42 Å². The second kappa shape index (κ2) is 9.86. The van der Waals surface area contributed by atoms with E-state index in [1.165, 1.54) is 50.1 Å². The van der Waals surface area contributed by atoms with Gasteiger partial charge in [-0.15, -0.1) is 0 Å². The van der Waals surface area contributed by atoms with Gasteiger partial charge in [-0.1, -0.05) is 0 Å². The zero-order valence-electron chi connectivity index (χ0n) is 20.7. The second-order valence-corrected chi connectivity index (χ2v) is 13.4. The van der Waals surface area contributed by atoms with Crippen molar-refractivity contribution in [2.75, 3.05) is 0 Å². The predicted octanol–water partition coefficient (Wildman–Crippen LogP) is 2.84. The van der Waals surface area contributed by atoms with Crippen LogP contribution in [0.25, 0.3) is 22.3 Å². The van der Waals surface area contributed by atoms with Crippen molar-refractivity contribution < 1.29 is 49.5 Å². The zero-order chi connectivity index (χ0) is 22.8. The molecule has 0 amide bonds. The molecule has 0 saturated carbocycles. The first-order valence-electron chi connectivity index (χ1n) is 11.5. The molecule has 1 unspecified atom stereocenters. The van der Waals surface area contributed by atoms with Gasteiger partial charge >= 0.3 is 213 Å². The van der Waals surface area contributed by atoms with Crippen LogP contribution in [0.3, 0.4) is 0 Å². The van der Waals surface area contributed by atoms with Crippen molar-refractivity contribution in [3.8, 4) is 11.1 Å². The Balaban J connectivity index is 0.00000162. The summed E-state index contributed by atoms with van der Waals surface area (Å²) in [6.45, 7) is 14.0. The van der Waals surface area contributed by atoms with Gasteiger partial charge in [0.1, 0.15) is 0 Å². The molecule has 0 aliphatic heterocycles. The van der Waals surface area contributed by atoms with Crippen molar-refractivity contribution in [3.05, 3.63) is 92.7 Å². The molecule has 0 spiro atoms. The van der Waals surface area contributed by atoms with Crippen molar-refractivity contribution in [1.82, 2.24) is 0 Å². The van der Waals surface area contributed by atoms with Crippen LogP contribution in [0.15, 0.2) is 59.3 Å². The Hall–Kier alpha value is -0.917. The summed E-state index contributed by atoms with van der Waals surface area (Å²) in [5, 5.41) is 4.48. The fourth-order valence-electron chi connectivity index (χ4n) is 4.98. The first kappa shape index (κ1) is 27.7. The van der Waals surface area contributed by atoms with E-state index in [-0.39, 0.29) is 35.6 Å². The molecule has 0 nitrogen and oxygen atoms in total. The first-order chi connectivity index (χ1) is 15.1. The number of thiophene rings is 1. The Morgan fingerprint density at radius 3 is 2.09 bits per heavy atom. The van der Waals surface area contributed by atoms with Gasteiger partial charge in [0.15, 0.2) is 0 Å². The number of halogens is 2. The van der Waals surface area contributed by atoms with Gasteiger partial charge in [-0.25, -0.2) is 0 Å². The Morgan fingerprint density at radius 2 is 1.47 bits per heavy atom. The van der Waals surface area contributed by atoms with Gasteiger partial charge in [-0.2, -0.15) is 0 Å². The van der Waals surface area contributed by atoms with Gasteiger partial charge in [0, 0.05) is 0 Å². The minimum absolute atomic E-state index is 0. The second-order valence-electron chi connectivity index (χ2n) is 11.2. The maximum absolute atomic E-state index is 2.51. The summed E-state index contributed by atoms with van der Waals surface area (Å²) < 4.78 is 0.502. The fourth-order valence-corrected chi connectivity index (χ4v) is 7.02. The van der Waals surface area contributed by atoms with Crippen molar-refractivity contribution in [2.24, 2.45) is 0 Å². The topological polar surface area (TPSA) is 0 Å². The van der Waals surface area contributed by atoms with Crippen LogP contribution in [0, 0.1) is 0 Å². The third-order valence-corrected chi connectivity index (χ3v) is 9.10. The van der Waals surface area contributed by atoms with Gasteiger partial charge in [-0.3, -0.25) is 0 Å². The largest absolute Gasteiger partial charge is 1.00 e. The standard InChI is InChI=1S/C30H31S.2ClH.Zr/c1-29(2,3)21-11-10-19-14-26-27(24-9-7-8-23(24)20-12-13-31-18-20)16-22(30(4,5)6)17-28(26)25(19)15-21;;;/h7-8,10-18H,9H2,1-6H3;2*1H;/q;;;+2/p-2. The fraction of sp³-hybridized carbons (Fsp3) is 0.333. The minimum Gasteiger partial charge on any atom is -1.00 e. The zero-order valence-corrected chi connectivity index (χ0v) is 25.5. The molecule has 1 atom stereocenters. The van der Waals surface area contributed by atoms with E-state index >= 15 is 0 Å². The number of hydrogen-bond acceptors (Lipinski definition) is 1. The molecule has 1 aromatic heterocycles. The number of benzene rings is 2. The molecule has 0 N–H and O–H groups in total. The van der Waals surface area contributed by atoms with Crippen molar-refractivity contribution in [2.45, 2.75) is 62.4 Å². The quantitative estimate of drug-likeness (QED) is 0.434. The van der Waals surface area contributed by atoms with Crippen LogP contribution in [-0.2, 0) is 35.5 Å². The smallest absolute Gasteiger partial charge is 1.00 e. The molecular weight excluding hydrogens is 555 g/mol. The first-order valence-corrected chi connectivity index (χ1v) is 13.9. The maximum atomic E-state index is 2.51. The van der Waals surface area contributed by atoms with Crippen LogP contribution in [0.5, 0.6) is 0 Å². The Morgan fingerprint density at radius 1 is 0.824 bits per heavy atom. The van der Waals surface area contributed by atoms with E-state index in [9.17, 15) is 0 Å². The molecule has 175 valence electrons. The van der Waals surface area contributed by atoms with Crippen molar-refractivity contribution in [3.63, 3.8) is 0 Å². The van der Waals surface area contributed by atoms with Gasteiger partial charge in [0.05, 0.1) is 0 Å². The van der Waals surface area contributed by atoms with Crippen LogP contribution in [0.4, 0.5) is 0 Å². The van der Waals surface area contributed by atoms with Gasteiger partial charge in [-0.05, 0) is 0 Å². The van der Waals surface area contributed by atoms with Gasteiger partial charge < -0.3 is 24.8 Å². The van der Waals surface area contributed by atoms with Crippen LogP contribution in [0.1, 0.15) is 85.0 Å². The summed E-state index contributed by atoms with van der Waals surface area (Å²) in [6, 6.07) is 14.5. The number of fused-ring (bicyclic) bond motifs is 3. The normalized spacial score (nSPS) is 16.8. The molecule has 2 aromatic carbocycles. The third-order valence-electron chi connectivity index (χ3n) is 6.94. The summed E-state index contributed by atoms with van der Waals surface area (Å²) in [5.41, 5.74) is 14.9. The average Bonchev–Trinajstić information content (AvgIpc) is 3.45.